The van der Waals surface area contributed by atoms with E-state index in [0.29, 0.717) is 5.92 Å². The molecule has 1 saturated carbocycles. The number of nitro groups is 1. The standard InChI is InChI=1S/C15H20ClNO2/c1-11-12(7-5-9-15(11)17(18)19)10-13-6-3-2-4-8-14(13)16/h5,7,9,13-14H,2-4,6,8,10H2,1H3. The first-order chi connectivity index (χ1) is 9.09. The van der Waals surface area contributed by atoms with Crippen LogP contribution in [0.2, 0.25) is 0 Å². The summed E-state index contributed by atoms with van der Waals surface area (Å²) in [5, 5.41) is 11.2. The highest BCUT2D eigenvalue weighted by atomic mass is 35.5. The SMILES string of the molecule is Cc1c(CC2CCCCCC2Cl)cccc1[N+](=O)[O-]. The van der Waals surface area contributed by atoms with Crippen molar-refractivity contribution in [2.24, 2.45) is 5.92 Å². The maximum Gasteiger partial charge on any atom is 0.272 e. The Morgan fingerprint density at radius 2 is 2.05 bits per heavy atom. The van der Waals surface area contributed by atoms with Gasteiger partial charge in [-0.1, -0.05) is 31.4 Å². The van der Waals surface area contributed by atoms with E-state index in [4.69, 9.17) is 11.6 Å². The molecule has 1 fully saturated rings. The highest BCUT2D eigenvalue weighted by Crippen LogP contribution is 2.32. The summed E-state index contributed by atoms with van der Waals surface area (Å²) in [6.07, 6.45) is 6.76. The molecule has 1 aliphatic carbocycles. The highest BCUT2D eigenvalue weighted by molar-refractivity contribution is 6.20. The molecule has 0 aromatic heterocycles. The van der Waals surface area contributed by atoms with Gasteiger partial charge in [0.1, 0.15) is 0 Å². The van der Waals surface area contributed by atoms with E-state index < -0.39 is 0 Å². The smallest absolute Gasteiger partial charge is 0.258 e. The normalized spacial score (nSPS) is 23.9. The fraction of sp³-hybridized carbons (Fsp3) is 0.600. The van der Waals surface area contributed by atoms with E-state index in [1.807, 2.05) is 13.0 Å². The van der Waals surface area contributed by atoms with E-state index in [1.54, 1.807) is 12.1 Å². The first kappa shape index (κ1) is 14.3. The van der Waals surface area contributed by atoms with E-state index in [0.717, 1.165) is 30.4 Å². The number of nitro benzene ring substituents is 1. The molecule has 19 heavy (non-hydrogen) atoms. The zero-order valence-corrected chi connectivity index (χ0v) is 12.0. The zero-order chi connectivity index (χ0) is 13.8. The zero-order valence-electron chi connectivity index (χ0n) is 11.3. The van der Waals surface area contributed by atoms with Crippen molar-refractivity contribution in [2.45, 2.75) is 50.8 Å². The van der Waals surface area contributed by atoms with Crippen LogP contribution in [-0.4, -0.2) is 10.3 Å². The minimum Gasteiger partial charge on any atom is -0.258 e. The van der Waals surface area contributed by atoms with Gasteiger partial charge in [0.25, 0.3) is 5.69 Å². The molecule has 1 aliphatic rings. The van der Waals surface area contributed by atoms with Crippen LogP contribution in [0.3, 0.4) is 0 Å². The van der Waals surface area contributed by atoms with Crippen molar-refractivity contribution in [3.8, 4) is 0 Å². The van der Waals surface area contributed by atoms with E-state index in [9.17, 15) is 10.1 Å². The monoisotopic (exact) mass is 281 g/mol. The van der Waals surface area contributed by atoms with Crippen LogP contribution in [0.4, 0.5) is 5.69 Å². The van der Waals surface area contributed by atoms with Gasteiger partial charge in [-0.05, 0) is 37.7 Å². The van der Waals surface area contributed by atoms with E-state index in [1.165, 1.54) is 19.3 Å². The molecule has 0 N–H and O–H groups in total. The number of nitrogens with zero attached hydrogens (tertiary/aromatic N) is 1. The average Bonchev–Trinajstić information content (AvgIpc) is 2.57. The molecule has 0 amide bonds. The number of halogens is 1. The predicted octanol–water partition coefficient (Wildman–Crippen LogP) is 4.63. The van der Waals surface area contributed by atoms with Gasteiger partial charge < -0.3 is 0 Å². The quantitative estimate of drug-likeness (QED) is 0.351. The molecule has 0 aliphatic heterocycles. The summed E-state index contributed by atoms with van der Waals surface area (Å²) in [5.41, 5.74) is 2.09. The van der Waals surface area contributed by atoms with Gasteiger partial charge in [0, 0.05) is 17.0 Å². The molecule has 2 rings (SSSR count). The van der Waals surface area contributed by atoms with Gasteiger partial charge in [-0.3, -0.25) is 10.1 Å². The molecule has 1 aromatic carbocycles. The third-order valence-corrected chi connectivity index (χ3v) is 4.74. The third kappa shape index (κ3) is 3.47. The van der Waals surface area contributed by atoms with Crippen LogP contribution in [0.15, 0.2) is 18.2 Å². The first-order valence-corrected chi connectivity index (χ1v) is 7.40. The van der Waals surface area contributed by atoms with Crippen LogP contribution >= 0.6 is 11.6 Å². The van der Waals surface area contributed by atoms with Gasteiger partial charge in [-0.15, -0.1) is 11.6 Å². The largest absolute Gasteiger partial charge is 0.272 e. The first-order valence-electron chi connectivity index (χ1n) is 6.96. The lowest BCUT2D eigenvalue weighted by atomic mass is 9.90. The number of alkyl halides is 1. The maximum atomic E-state index is 11.0. The van der Waals surface area contributed by atoms with Crippen LogP contribution in [0.25, 0.3) is 0 Å². The minimum absolute atomic E-state index is 0.209. The molecule has 3 nitrogen and oxygen atoms in total. The molecule has 0 saturated heterocycles. The fourth-order valence-electron chi connectivity index (χ4n) is 2.94. The Kier molecular flexibility index (Phi) is 4.81. The van der Waals surface area contributed by atoms with Crippen LogP contribution in [-0.2, 0) is 6.42 Å². The topological polar surface area (TPSA) is 43.1 Å². The lowest BCUT2D eigenvalue weighted by Gasteiger charge is -2.20. The summed E-state index contributed by atoms with van der Waals surface area (Å²) in [5.74, 6) is 0.449. The molecule has 0 bridgehead atoms. The van der Waals surface area contributed by atoms with Gasteiger partial charge in [0.05, 0.1) is 4.92 Å². The molecule has 2 atom stereocenters. The Labute approximate surface area is 119 Å². The summed E-state index contributed by atoms with van der Waals surface area (Å²) >= 11 is 6.46. The Bertz CT molecular complexity index is 461. The Balaban J connectivity index is 2.18. The van der Waals surface area contributed by atoms with E-state index in [-0.39, 0.29) is 16.0 Å². The third-order valence-electron chi connectivity index (χ3n) is 4.16. The van der Waals surface area contributed by atoms with Crippen LogP contribution in [0.1, 0.15) is 43.2 Å². The van der Waals surface area contributed by atoms with Crippen molar-refractivity contribution in [1.29, 1.82) is 0 Å². The van der Waals surface area contributed by atoms with Crippen molar-refractivity contribution >= 4 is 17.3 Å². The molecule has 104 valence electrons. The number of rotatable bonds is 3. The molecule has 0 spiro atoms. The highest BCUT2D eigenvalue weighted by Gasteiger charge is 2.23. The second-order valence-electron chi connectivity index (χ2n) is 5.44. The molecule has 0 heterocycles. The maximum absolute atomic E-state index is 11.0. The molecule has 0 radical (unpaired) electrons. The van der Waals surface area contributed by atoms with Gasteiger partial charge in [-0.2, -0.15) is 0 Å². The summed E-state index contributed by atoms with van der Waals surface area (Å²) in [4.78, 5) is 10.7. The predicted molar refractivity (Wildman–Crippen MR) is 77.8 cm³/mol. The number of benzene rings is 1. The summed E-state index contributed by atoms with van der Waals surface area (Å²) in [6, 6.07) is 5.35. The second kappa shape index (κ2) is 6.38. The Morgan fingerprint density at radius 3 is 2.79 bits per heavy atom. The molecule has 4 heteroatoms. The summed E-state index contributed by atoms with van der Waals surface area (Å²) < 4.78 is 0. The minimum atomic E-state index is -0.301. The second-order valence-corrected chi connectivity index (χ2v) is 6.00. The van der Waals surface area contributed by atoms with Crippen molar-refractivity contribution in [1.82, 2.24) is 0 Å². The Morgan fingerprint density at radius 1 is 1.32 bits per heavy atom. The van der Waals surface area contributed by atoms with Gasteiger partial charge in [0.2, 0.25) is 0 Å². The average molecular weight is 282 g/mol. The van der Waals surface area contributed by atoms with Crippen molar-refractivity contribution in [3.63, 3.8) is 0 Å². The Hall–Kier alpha value is -1.09. The van der Waals surface area contributed by atoms with Crippen molar-refractivity contribution < 1.29 is 4.92 Å². The lowest BCUT2D eigenvalue weighted by Crippen LogP contribution is -2.16. The van der Waals surface area contributed by atoms with Crippen LogP contribution in [0, 0.1) is 23.0 Å². The molecule has 2 unspecified atom stereocenters. The molecular weight excluding hydrogens is 262 g/mol. The van der Waals surface area contributed by atoms with E-state index >= 15 is 0 Å². The van der Waals surface area contributed by atoms with E-state index in [2.05, 4.69) is 0 Å². The number of hydrogen-bond donors (Lipinski definition) is 0. The van der Waals surface area contributed by atoms with Gasteiger partial charge in [-0.25, -0.2) is 0 Å². The number of hydrogen-bond acceptors (Lipinski definition) is 2. The molecular formula is C15H20ClNO2. The van der Waals surface area contributed by atoms with Crippen LogP contribution < -0.4 is 0 Å². The van der Waals surface area contributed by atoms with Gasteiger partial charge in [0.15, 0.2) is 0 Å². The summed E-state index contributed by atoms with van der Waals surface area (Å²) in [6.45, 7) is 1.84. The van der Waals surface area contributed by atoms with Crippen LogP contribution in [0.5, 0.6) is 0 Å². The lowest BCUT2D eigenvalue weighted by molar-refractivity contribution is -0.385. The summed E-state index contributed by atoms with van der Waals surface area (Å²) in [7, 11) is 0. The van der Waals surface area contributed by atoms with Crippen molar-refractivity contribution in [2.75, 3.05) is 0 Å². The molecule has 1 aromatic rings. The van der Waals surface area contributed by atoms with Gasteiger partial charge >= 0.3 is 0 Å². The fourth-order valence-corrected chi connectivity index (χ4v) is 3.31. The van der Waals surface area contributed by atoms with Crippen molar-refractivity contribution in [3.05, 3.63) is 39.4 Å².